The first-order valence-corrected chi connectivity index (χ1v) is 5.40. The van der Waals surface area contributed by atoms with Gasteiger partial charge in [0.25, 0.3) is 0 Å². The van der Waals surface area contributed by atoms with Gasteiger partial charge in [-0.3, -0.25) is 0 Å². The summed E-state index contributed by atoms with van der Waals surface area (Å²) in [4.78, 5) is 0. The maximum Gasteiger partial charge on any atom is 0.0875 e. The van der Waals surface area contributed by atoms with Gasteiger partial charge in [0.2, 0.25) is 0 Å². The molecule has 13 heavy (non-hydrogen) atoms. The molecule has 0 aromatic heterocycles. The third kappa shape index (κ3) is 0.668. The Kier molecular flexibility index (Phi) is 1.34. The van der Waals surface area contributed by atoms with E-state index in [0.29, 0.717) is 29.3 Å². The average molecular weight is 182 g/mol. The summed E-state index contributed by atoms with van der Waals surface area (Å²) in [7, 11) is 0. The van der Waals surface area contributed by atoms with Gasteiger partial charge in [0, 0.05) is 5.41 Å². The van der Waals surface area contributed by atoms with E-state index < -0.39 is 0 Å². The molecule has 1 N–H and O–H groups in total. The minimum absolute atomic E-state index is 0.154. The van der Waals surface area contributed by atoms with Crippen molar-refractivity contribution in [3.63, 3.8) is 0 Å². The molecule has 0 spiro atoms. The summed E-state index contributed by atoms with van der Waals surface area (Å²) in [5.41, 5.74) is 0.342. The maximum atomic E-state index is 9.98. The fourth-order valence-corrected chi connectivity index (χ4v) is 4.18. The normalized spacial score (nSPS) is 69.2. The van der Waals surface area contributed by atoms with Crippen LogP contribution in [0.4, 0.5) is 0 Å². The van der Waals surface area contributed by atoms with Crippen LogP contribution in [0.2, 0.25) is 0 Å². The van der Waals surface area contributed by atoms with Crippen LogP contribution in [0.25, 0.3) is 0 Å². The molecule has 2 aliphatic carbocycles. The molecule has 0 aromatic carbocycles. The van der Waals surface area contributed by atoms with Gasteiger partial charge < -0.3 is 9.84 Å². The Hall–Kier alpha value is -0.0800. The summed E-state index contributed by atoms with van der Waals surface area (Å²) in [6.07, 6.45) is 1.49. The van der Waals surface area contributed by atoms with E-state index in [1.54, 1.807) is 0 Å². The van der Waals surface area contributed by atoms with Crippen LogP contribution in [-0.4, -0.2) is 23.4 Å². The minimum atomic E-state index is -0.182. The molecule has 7 atom stereocenters. The number of ether oxygens (including phenoxy) is 1. The molecule has 3 aliphatic rings. The number of aliphatic hydroxyl groups is 1. The zero-order valence-corrected chi connectivity index (χ0v) is 8.53. The highest BCUT2D eigenvalue weighted by Gasteiger charge is 2.68. The average Bonchev–Trinajstić information content (AvgIpc) is 2.60. The zero-order chi connectivity index (χ0) is 9.38. The summed E-state index contributed by atoms with van der Waals surface area (Å²) in [6, 6.07) is 0. The largest absolute Gasteiger partial charge is 0.390 e. The van der Waals surface area contributed by atoms with E-state index in [2.05, 4.69) is 20.8 Å². The van der Waals surface area contributed by atoms with E-state index in [1.165, 1.54) is 6.42 Å². The van der Waals surface area contributed by atoms with E-state index in [9.17, 15) is 5.11 Å². The molecule has 2 nitrogen and oxygen atoms in total. The number of hydrogen-bond acceptors (Lipinski definition) is 2. The quantitative estimate of drug-likeness (QED) is 0.614. The van der Waals surface area contributed by atoms with E-state index in [-0.39, 0.29) is 12.2 Å². The molecule has 0 unspecified atom stereocenters. The molecule has 74 valence electrons. The summed E-state index contributed by atoms with van der Waals surface area (Å²) in [6.45, 7) is 6.80. The Bertz CT molecular complexity index is 248. The van der Waals surface area contributed by atoms with Gasteiger partial charge in [-0.1, -0.05) is 13.8 Å². The van der Waals surface area contributed by atoms with Crippen molar-refractivity contribution in [2.24, 2.45) is 23.2 Å². The first-order chi connectivity index (χ1) is 6.06. The van der Waals surface area contributed by atoms with Gasteiger partial charge in [0.1, 0.15) is 0 Å². The van der Waals surface area contributed by atoms with E-state index in [1.807, 2.05) is 0 Å². The topological polar surface area (TPSA) is 29.5 Å². The van der Waals surface area contributed by atoms with Gasteiger partial charge in [0.05, 0.1) is 18.3 Å². The number of aliphatic hydroxyl groups excluding tert-OH is 1. The summed E-state index contributed by atoms with van der Waals surface area (Å²) >= 11 is 0. The van der Waals surface area contributed by atoms with Crippen molar-refractivity contribution in [1.82, 2.24) is 0 Å². The summed E-state index contributed by atoms with van der Waals surface area (Å²) in [5, 5.41) is 9.98. The Morgan fingerprint density at radius 2 is 2.08 bits per heavy atom. The minimum Gasteiger partial charge on any atom is -0.390 e. The van der Waals surface area contributed by atoms with Crippen LogP contribution in [0.3, 0.4) is 0 Å². The predicted octanol–water partition coefficient (Wildman–Crippen LogP) is 1.43. The van der Waals surface area contributed by atoms with Crippen molar-refractivity contribution in [2.75, 3.05) is 0 Å². The highest BCUT2D eigenvalue weighted by atomic mass is 16.5. The van der Waals surface area contributed by atoms with Crippen molar-refractivity contribution in [3.8, 4) is 0 Å². The van der Waals surface area contributed by atoms with Crippen LogP contribution >= 0.6 is 0 Å². The van der Waals surface area contributed by atoms with Crippen LogP contribution in [0.1, 0.15) is 27.2 Å². The van der Waals surface area contributed by atoms with Crippen molar-refractivity contribution >= 4 is 0 Å². The first kappa shape index (κ1) is 8.25. The Morgan fingerprint density at radius 1 is 1.38 bits per heavy atom. The molecule has 3 rings (SSSR count). The third-order valence-corrected chi connectivity index (χ3v) is 5.36. The lowest BCUT2D eigenvalue weighted by Gasteiger charge is -2.37. The van der Waals surface area contributed by atoms with E-state index >= 15 is 0 Å². The molecule has 2 bridgehead atoms. The van der Waals surface area contributed by atoms with Crippen LogP contribution < -0.4 is 0 Å². The predicted molar refractivity (Wildman–Crippen MR) is 49.2 cm³/mol. The van der Waals surface area contributed by atoms with Gasteiger partial charge in [0.15, 0.2) is 0 Å². The molecule has 1 heterocycles. The fraction of sp³-hybridized carbons (Fsp3) is 1.00. The van der Waals surface area contributed by atoms with E-state index in [4.69, 9.17) is 4.74 Å². The van der Waals surface area contributed by atoms with E-state index in [0.717, 1.165) is 0 Å². The Morgan fingerprint density at radius 3 is 2.69 bits per heavy atom. The highest BCUT2D eigenvalue weighted by molar-refractivity contribution is 5.16. The molecule has 0 aromatic rings. The fourth-order valence-electron chi connectivity index (χ4n) is 4.18. The molecule has 3 fully saturated rings. The zero-order valence-electron chi connectivity index (χ0n) is 8.53. The second-order valence-electron chi connectivity index (χ2n) is 5.39. The maximum absolute atomic E-state index is 9.98. The van der Waals surface area contributed by atoms with Gasteiger partial charge in [-0.15, -0.1) is 0 Å². The van der Waals surface area contributed by atoms with Crippen LogP contribution in [0.15, 0.2) is 0 Å². The van der Waals surface area contributed by atoms with Crippen LogP contribution in [-0.2, 0) is 4.74 Å². The molecular formula is C11H18O2. The molecule has 1 aliphatic heterocycles. The lowest BCUT2D eigenvalue weighted by molar-refractivity contribution is -0.0317. The molecule has 2 heteroatoms. The standard InChI is InChI=1S/C11H18O2/c1-5-7-4-8-10(9(7)12)13-6(2)11(5,8)3/h5-10,12H,4H2,1-3H3/t5-,6-,7+,8+,9+,10+,11-/m1/s1. The lowest BCUT2D eigenvalue weighted by Crippen LogP contribution is -2.42. The number of rotatable bonds is 0. The lowest BCUT2D eigenvalue weighted by atomic mass is 9.66. The second-order valence-corrected chi connectivity index (χ2v) is 5.39. The van der Waals surface area contributed by atoms with Crippen molar-refractivity contribution in [2.45, 2.75) is 45.5 Å². The van der Waals surface area contributed by atoms with Crippen LogP contribution in [0.5, 0.6) is 0 Å². The van der Waals surface area contributed by atoms with Gasteiger partial charge in [-0.2, -0.15) is 0 Å². The number of fused-ring (bicyclic) bond motifs is 1. The Labute approximate surface area is 79.3 Å². The van der Waals surface area contributed by atoms with Gasteiger partial charge >= 0.3 is 0 Å². The molecule has 0 amide bonds. The smallest absolute Gasteiger partial charge is 0.0875 e. The summed E-state index contributed by atoms with van der Waals surface area (Å²) in [5.74, 6) is 1.75. The monoisotopic (exact) mass is 182 g/mol. The molecule has 1 saturated heterocycles. The van der Waals surface area contributed by atoms with Crippen molar-refractivity contribution in [1.29, 1.82) is 0 Å². The third-order valence-electron chi connectivity index (χ3n) is 5.36. The van der Waals surface area contributed by atoms with Crippen molar-refractivity contribution in [3.05, 3.63) is 0 Å². The van der Waals surface area contributed by atoms with Gasteiger partial charge in [-0.05, 0) is 31.1 Å². The van der Waals surface area contributed by atoms with Gasteiger partial charge in [-0.25, -0.2) is 0 Å². The molecule has 2 saturated carbocycles. The highest BCUT2D eigenvalue weighted by Crippen LogP contribution is 2.66. The number of hydrogen-bond donors (Lipinski definition) is 1. The SMILES string of the molecule is C[C@@H]1[C@@H]2C[C@H]3[C@H](O[C@H](C)[C@@]13C)[C@H]2O. The van der Waals surface area contributed by atoms with Crippen molar-refractivity contribution < 1.29 is 9.84 Å². The summed E-state index contributed by atoms with van der Waals surface area (Å²) < 4.78 is 5.87. The Balaban J connectivity index is 2.08. The first-order valence-electron chi connectivity index (χ1n) is 5.40. The molecule has 0 radical (unpaired) electrons. The molecular weight excluding hydrogens is 164 g/mol. The van der Waals surface area contributed by atoms with Crippen LogP contribution in [0, 0.1) is 23.2 Å². The second kappa shape index (κ2) is 2.12.